The van der Waals surface area contributed by atoms with Crippen LogP contribution in [0.3, 0.4) is 0 Å². The minimum absolute atomic E-state index is 0.0638. The fourth-order valence-corrected chi connectivity index (χ4v) is 3.62. The van der Waals surface area contributed by atoms with Gasteiger partial charge in [-0.05, 0) is 43.7 Å². The standard InChI is InChI=1S/C14H14Cl2N2O2S/c1-14(2,10-4-3-7-17-9-10)18-21(19,20)11-5-6-12(15)13(16)8-11/h3-9,18H,1-2H3. The summed E-state index contributed by atoms with van der Waals surface area (Å²) in [5.41, 5.74) is -0.0483. The predicted octanol–water partition coefficient (Wildman–Crippen LogP) is 3.60. The summed E-state index contributed by atoms with van der Waals surface area (Å²) in [6, 6.07) is 7.76. The Labute approximate surface area is 134 Å². The largest absolute Gasteiger partial charge is 0.264 e. The van der Waals surface area contributed by atoms with Gasteiger partial charge in [-0.1, -0.05) is 29.3 Å². The zero-order valence-electron chi connectivity index (χ0n) is 11.5. The minimum Gasteiger partial charge on any atom is -0.264 e. The third-order valence-electron chi connectivity index (χ3n) is 2.97. The van der Waals surface area contributed by atoms with Crippen LogP contribution in [0.5, 0.6) is 0 Å². The van der Waals surface area contributed by atoms with E-state index in [1.165, 1.54) is 18.2 Å². The molecule has 7 heteroatoms. The molecular formula is C14H14Cl2N2O2S. The van der Waals surface area contributed by atoms with E-state index in [9.17, 15) is 8.42 Å². The lowest BCUT2D eigenvalue weighted by Crippen LogP contribution is -2.40. The topological polar surface area (TPSA) is 59.1 Å². The molecule has 0 saturated heterocycles. The van der Waals surface area contributed by atoms with Gasteiger partial charge in [0.25, 0.3) is 0 Å². The van der Waals surface area contributed by atoms with Crippen molar-refractivity contribution in [1.82, 2.24) is 9.71 Å². The molecule has 0 fully saturated rings. The highest BCUT2D eigenvalue weighted by Crippen LogP contribution is 2.27. The number of rotatable bonds is 4. The second kappa shape index (κ2) is 5.93. The number of nitrogens with one attached hydrogen (secondary N) is 1. The number of aromatic nitrogens is 1. The second-order valence-corrected chi connectivity index (χ2v) is 7.54. The van der Waals surface area contributed by atoms with Gasteiger partial charge in [0.1, 0.15) is 0 Å². The Kier molecular flexibility index (Phi) is 4.58. The second-order valence-electron chi connectivity index (χ2n) is 5.05. The monoisotopic (exact) mass is 344 g/mol. The van der Waals surface area contributed by atoms with E-state index in [-0.39, 0.29) is 9.92 Å². The summed E-state index contributed by atoms with van der Waals surface area (Å²) in [5.74, 6) is 0. The zero-order valence-corrected chi connectivity index (χ0v) is 13.8. The summed E-state index contributed by atoms with van der Waals surface area (Å²) < 4.78 is 27.5. The van der Waals surface area contributed by atoms with E-state index in [4.69, 9.17) is 23.2 Å². The number of halogens is 2. The Bertz CT molecular complexity index is 747. The van der Waals surface area contributed by atoms with Crippen molar-refractivity contribution >= 4 is 33.2 Å². The number of hydrogen-bond donors (Lipinski definition) is 1. The fraction of sp³-hybridized carbons (Fsp3) is 0.214. The van der Waals surface area contributed by atoms with Gasteiger partial charge in [-0.25, -0.2) is 13.1 Å². The van der Waals surface area contributed by atoms with Crippen LogP contribution in [0.25, 0.3) is 0 Å². The Balaban J connectivity index is 2.35. The van der Waals surface area contributed by atoms with Crippen LogP contribution < -0.4 is 4.72 Å². The van der Waals surface area contributed by atoms with Gasteiger partial charge in [0.2, 0.25) is 10.0 Å². The van der Waals surface area contributed by atoms with Crippen molar-refractivity contribution in [2.75, 3.05) is 0 Å². The molecule has 0 spiro atoms. The maximum Gasteiger partial charge on any atom is 0.241 e. The molecule has 4 nitrogen and oxygen atoms in total. The summed E-state index contributed by atoms with van der Waals surface area (Å²) in [5, 5.41) is 0.501. The molecule has 112 valence electrons. The molecule has 1 aromatic heterocycles. The Hall–Kier alpha value is -1.14. The van der Waals surface area contributed by atoms with Crippen molar-refractivity contribution in [3.63, 3.8) is 0 Å². The van der Waals surface area contributed by atoms with Crippen molar-refractivity contribution in [1.29, 1.82) is 0 Å². The molecule has 1 N–H and O–H groups in total. The lowest BCUT2D eigenvalue weighted by atomic mass is 9.98. The van der Waals surface area contributed by atoms with E-state index in [0.29, 0.717) is 5.02 Å². The first kappa shape index (κ1) is 16.2. The number of sulfonamides is 1. The van der Waals surface area contributed by atoms with E-state index in [1.54, 1.807) is 32.3 Å². The average molecular weight is 345 g/mol. The Morgan fingerprint density at radius 1 is 1.14 bits per heavy atom. The van der Waals surface area contributed by atoms with Crippen molar-refractivity contribution < 1.29 is 8.42 Å². The molecule has 0 aliphatic rings. The highest BCUT2D eigenvalue weighted by molar-refractivity contribution is 7.89. The van der Waals surface area contributed by atoms with Crippen LogP contribution in [-0.2, 0) is 15.6 Å². The molecule has 0 aliphatic heterocycles. The highest BCUT2D eigenvalue weighted by atomic mass is 35.5. The average Bonchev–Trinajstić information content (AvgIpc) is 2.41. The normalized spacial score (nSPS) is 12.4. The van der Waals surface area contributed by atoms with Gasteiger partial charge in [0.15, 0.2) is 0 Å². The quantitative estimate of drug-likeness (QED) is 0.921. The number of pyridine rings is 1. The smallest absolute Gasteiger partial charge is 0.241 e. The van der Waals surface area contributed by atoms with Crippen molar-refractivity contribution in [2.24, 2.45) is 0 Å². The molecule has 0 unspecified atom stereocenters. The molecule has 0 amide bonds. The van der Waals surface area contributed by atoms with Crippen molar-refractivity contribution in [2.45, 2.75) is 24.3 Å². The van der Waals surface area contributed by atoms with Gasteiger partial charge in [-0.3, -0.25) is 4.98 Å². The molecule has 2 aromatic rings. The van der Waals surface area contributed by atoms with Gasteiger partial charge in [0, 0.05) is 12.4 Å². The molecule has 0 atom stereocenters. The first-order chi connectivity index (χ1) is 9.72. The fourth-order valence-electron chi connectivity index (χ4n) is 1.83. The lowest BCUT2D eigenvalue weighted by molar-refractivity contribution is 0.470. The molecular weight excluding hydrogens is 331 g/mol. The molecule has 1 heterocycles. The summed E-state index contributed by atoms with van der Waals surface area (Å²) in [6.07, 6.45) is 3.25. The molecule has 1 aromatic carbocycles. The molecule has 0 radical (unpaired) electrons. The van der Waals surface area contributed by atoms with Crippen molar-refractivity contribution in [3.05, 3.63) is 58.3 Å². The van der Waals surface area contributed by atoms with Crippen LogP contribution in [0.1, 0.15) is 19.4 Å². The first-order valence-corrected chi connectivity index (χ1v) is 8.36. The predicted molar refractivity (Wildman–Crippen MR) is 84.0 cm³/mol. The number of nitrogens with zero attached hydrogens (tertiary/aromatic N) is 1. The lowest BCUT2D eigenvalue weighted by Gasteiger charge is -2.26. The van der Waals surface area contributed by atoms with Crippen molar-refractivity contribution in [3.8, 4) is 0 Å². The van der Waals surface area contributed by atoms with Crippen LogP contribution in [0.4, 0.5) is 0 Å². The van der Waals surface area contributed by atoms with Crippen LogP contribution in [0.2, 0.25) is 10.0 Å². The summed E-state index contributed by atoms with van der Waals surface area (Å²) >= 11 is 11.7. The first-order valence-electron chi connectivity index (χ1n) is 6.12. The summed E-state index contributed by atoms with van der Waals surface area (Å²) in [4.78, 5) is 4.07. The number of benzene rings is 1. The highest BCUT2D eigenvalue weighted by Gasteiger charge is 2.28. The van der Waals surface area contributed by atoms with Gasteiger partial charge < -0.3 is 0 Å². The van der Waals surface area contributed by atoms with E-state index < -0.39 is 15.6 Å². The maximum atomic E-state index is 12.5. The van der Waals surface area contributed by atoms with Gasteiger partial charge in [-0.2, -0.15) is 0 Å². The molecule has 2 rings (SSSR count). The van der Waals surface area contributed by atoms with E-state index in [0.717, 1.165) is 5.56 Å². The summed E-state index contributed by atoms with van der Waals surface area (Å²) in [7, 11) is -3.73. The van der Waals surface area contributed by atoms with Crippen LogP contribution in [0, 0.1) is 0 Å². The molecule has 0 bridgehead atoms. The molecule has 0 aliphatic carbocycles. The Morgan fingerprint density at radius 3 is 2.43 bits per heavy atom. The van der Waals surface area contributed by atoms with Crippen LogP contribution in [-0.4, -0.2) is 13.4 Å². The van der Waals surface area contributed by atoms with Gasteiger partial charge >= 0.3 is 0 Å². The molecule has 0 saturated carbocycles. The molecule has 21 heavy (non-hydrogen) atoms. The minimum atomic E-state index is -3.73. The Morgan fingerprint density at radius 2 is 1.86 bits per heavy atom. The van der Waals surface area contributed by atoms with E-state index in [2.05, 4.69) is 9.71 Å². The van der Waals surface area contributed by atoms with E-state index >= 15 is 0 Å². The zero-order chi connectivity index (χ0) is 15.7. The summed E-state index contributed by atoms with van der Waals surface area (Å²) in [6.45, 7) is 3.53. The van der Waals surface area contributed by atoms with Crippen LogP contribution >= 0.6 is 23.2 Å². The van der Waals surface area contributed by atoms with Crippen LogP contribution in [0.15, 0.2) is 47.6 Å². The maximum absolute atomic E-state index is 12.5. The number of hydrogen-bond acceptors (Lipinski definition) is 3. The van der Waals surface area contributed by atoms with Gasteiger partial charge in [0.05, 0.1) is 20.5 Å². The third kappa shape index (κ3) is 3.74. The van der Waals surface area contributed by atoms with E-state index in [1.807, 2.05) is 6.07 Å². The third-order valence-corrected chi connectivity index (χ3v) is 5.37. The van der Waals surface area contributed by atoms with Gasteiger partial charge in [-0.15, -0.1) is 0 Å². The SMILES string of the molecule is CC(C)(NS(=O)(=O)c1ccc(Cl)c(Cl)c1)c1cccnc1.